The van der Waals surface area contributed by atoms with Crippen molar-refractivity contribution in [2.45, 2.75) is 9.79 Å². The minimum absolute atomic E-state index is 0. The van der Waals surface area contributed by atoms with Crippen molar-refractivity contribution in [2.75, 3.05) is 0 Å². The zero-order valence-electron chi connectivity index (χ0n) is 10.8. The Morgan fingerprint density at radius 2 is 1.44 bits per heavy atom. The number of phenolic OH excluding ortho intramolecular Hbond substituents is 2. The zero-order chi connectivity index (χ0) is 19.1. The standard InChI is InChI=1S/C6H8O14P2S2.Na.H/c7-4-1-3(2-5(6(4)8)23(14,15)16)24(17,18)20-22(12,13)19-21(9,10)11;;/h1-2,7-8H,(H,12,13)(H2,9,10,11)(H,14,15,16);;. The van der Waals surface area contributed by atoms with Crippen LogP contribution in [0.5, 0.6) is 11.5 Å². The number of hydrogen-bond donors (Lipinski definition) is 6. The van der Waals surface area contributed by atoms with E-state index in [2.05, 4.69) is 8.28 Å². The molecule has 1 unspecified atom stereocenters. The van der Waals surface area contributed by atoms with E-state index >= 15 is 0 Å². The van der Waals surface area contributed by atoms with Crippen molar-refractivity contribution in [1.29, 1.82) is 0 Å². The van der Waals surface area contributed by atoms with Crippen molar-refractivity contribution in [3.8, 4) is 11.5 Å². The Labute approximate surface area is 162 Å². The molecule has 0 amide bonds. The molecule has 1 aromatic carbocycles. The zero-order valence-corrected chi connectivity index (χ0v) is 14.2. The topological polar surface area (TPSA) is 242 Å². The molecule has 0 fully saturated rings. The van der Waals surface area contributed by atoms with Crippen molar-refractivity contribution in [2.24, 2.45) is 0 Å². The Hall–Kier alpha value is -0.0600. The molecule has 25 heavy (non-hydrogen) atoms. The van der Waals surface area contributed by atoms with Crippen LogP contribution in [0.15, 0.2) is 21.9 Å². The van der Waals surface area contributed by atoms with Gasteiger partial charge in [-0.1, -0.05) is 0 Å². The van der Waals surface area contributed by atoms with Crippen LogP contribution in [-0.4, -0.2) is 75.8 Å². The Bertz CT molecular complexity index is 961. The summed E-state index contributed by atoms with van der Waals surface area (Å²) in [4.78, 5) is 22.8. The summed E-state index contributed by atoms with van der Waals surface area (Å²) >= 11 is 0. The van der Waals surface area contributed by atoms with E-state index in [-0.39, 0.29) is 41.7 Å². The quantitative estimate of drug-likeness (QED) is 0.125. The van der Waals surface area contributed by atoms with Gasteiger partial charge in [0.25, 0.3) is 10.1 Å². The van der Waals surface area contributed by atoms with Crippen molar-refractivity contribution >= 4 is 65.4 Å². The van der Waals surface area contributed by atoms with Crippen LogP contribution < -0.4 is 0 Å². The maximum atomic E-state index is 11.7. The number of phenols is 2. The first-order valence-electron chi connectivity index (χ1n) is 5.04. The minimum atomic E-state index is -5.89. The normalized spacial score (nSPS) is 15.2. The summed E-state index contributed by atoms with van der Waals surface area (Å²) in [5, 5.41) is 18.5. The molecule has 0 bridgehead atoms. The first-order chi connectivity index (χ1) is 10.4. The average Bonchev–Trinajstić information content (AvgIpc) is 2.25. The Morgan fingerprint density at radius 1 is 0.960 bits per heavy atom. The third kappa shape index (κ3) is 7.22. The van der Waals surface area contributed by atoms with E-state index in [4.69, 9.17) is 19.2 Å². The van der Waals surface area contributed by atoms with E-state index in [0.29, 0.717) is 0 Å². The van der Waals surface area contributed by atoms with E-state index in [1.165, 1.54) is 0 Å². The fourth-order valence-electron chi connectivity index (χ4n) is 1.22. The molecule has 0 aliphatic rings. The molecular formula is C6H9NaO14P2S2. The monoisotopic (exact) mass is 454 g/mol. The van der Waals surface area contributed by atoms with Crippen LogP contribution in [0.4, 0.5) is 0 Å². The molecule has 1 rings (SSSR count). The van der Waals surface area contributed by atoms with Crippen LogP contribution in [0, 0.1) is 0 Å². The third-order valence-electron chi connectivity index (χ3n) is 2.00. The summed E-state index contributed by atoms with van der Waals surface area (Å²) in [5.41, 5.74) is 0. The predicted molar refractivity (Wildman–Crippen MR) is 78.0 cm³/mol. The van der Waals surface area contributed by atoms with E-state index < -0.39 is 57.2 Å². The van der Waals surface area contributed by atoms with Gasteiger partial charge in [-0.2, -0.15) is 25.1 Å². The predicted octanol–water partition coefficient (Wildman–Crippen LogP) is -1.39. The van der Waals surface area contributed by atoms with Crippen molar-refractivity contribution in [1.82, 2.24) is 0 Å². The number of hydrogen-bond acceptors (Lipinski definition) is 10. The molecule has 1 aromatic rings. The molecule has 14 nitrogen and oxygen atoms in total. The molecule has 0 saturated carbocycles. The summed E-state index contributed by atoms with van der Waals surface area (Å²) < 4.78 is 82.6. The summed E-state index contributed by atoms with van der Waals surface area (Å²) in [5.74, 6) is -2.81. The third-order valence-corrected chi connectivity index (χ3v) is 6.89. The van der Waals surface area contributed by atoms with Gasteiger partial charge in [-0.25, -0.2) is 9.13 Å². The Kier molecular flexibility index (Phi) is 7.88. The van der Waals surface area contributed by atoms with Crippen LogP contribution in [0.2, 0.25) is 0 Å². The fraction of sp³-hybridized carbons (Fsp3) is 0. The second kappa shape index (κ2) is 7.90. The summed E-state index contributed by atoms with van der Waals surface area (Å²) in [6.07, 6.45) is 0. The van der Waals surface area contributed by atoms with Gasteiger partial charge in [0.05, 0.1) is 4.90 Å². The van der Waals surface area contributed by atoms with E-state index in [1.54, 1.807) is 0 Å². The molecule has 0 saturated heterocycles. The van der Waals surface area contributed by atoms with Gasteiger partial charge in [-0.3, -0.25) is 4.55 Å². The van der Waals surface area contributed by atoms with Gasteiger partial charge in [-0.15, -0.1) is 0 Å². The van der Waals surface area contributed by atoms with Crippen molar-refractivity contribution in [3.63, 3.8) is 0 Å². The van der Waals surface area contributed by atoms with Gasteiger partial charge >= 0.3 is 55.3 Å². The number of rotatable bonds is 6. The fourth-order valence-corrected chi connectivity index (χ4v) is 5.21. The van der Waals surface area contributed by atoms with Crippen molar-refractivity contribution in [3.05, 3.63) is 12.1 Å². The molecule has 0 radical (unpaired) electrons. The molecule has 0 heterocycles. The van der Waals surface area contributed by atoms with Gasteiger partial charge in [0.15, 0.2) is 11.5 Å². The van der Waals surface area contributed by atoms with Crippen LogP contribution in [0.25, 0.3) is 0 Å². The van der Waals surface area contributed by atoms with E-state index in [1.807, 2.05) is 0 Å². The molecule has 140 valence electrons. The van der Waals surface area contributed by atoms with Crippen LogP contribution in [-0.2, 0) is 37.6 Å². The average molecular weight is 454 g/mol. The Balaban J connectivity index is 0.00000576. The van der Waals surface area contributed by atoms with Gasteiger partial charge in [0.1, 0.15) is 4.90 Å². The second-order valence-electron chi connectivity index (χ2n) is 3.83. The van der Waals surface area contributed by atoms with Crippen LogP contribution in [0.1, 0.15) is 0 Å². The summed E-state index contributed by atoms with van der Waals surface area (Å²) in [7, 11) is -22.2. The second-order valence-corrected chi connectivity index (χ2v) is 9.77. The first-order valence-corrected chi connectivity index (χ1v) is 10.9. The van der Waals surface area contributed by atoms with E-state index in [0.717, 1.165) is 0 Å². The van der Waals surface area contributed by atoms with Gasteiger partial charge < -0.3 is 24.9 Å². The molecule has 0 aliphatic carbocycles. The van der Waals surface area contributed by atoms with E-state index in [9.17, 15) is 36.2 Å². The number of benzene rings is 1. The molecular weight excluding hydrogens is 445 g/mol. The number of aromatic hydroxyl groups is 2. The van der Waals surface area contributed by atoms with Crippen LogP contribution in [0.3, 0.4) is 0 Å². The SMILES string of the molecule is O=P(O)(O)OP(=O)(O)OS(=O)(=O)c1cc(O)c(O)c(S(=O)(=O)O)c1.[NaH]. The molecule has 1 atom stereocenters. The molecule has 6 N–H and O–H groups in total. The number of phosphoric acid groups is 2. The molecule has 0 spiro atoms. The van der Waals surface area contributed by atoms with Crippen LogP contribution >= 0.6 is 15.6 Å². The maximum absolute atomic E-state index is 11.7. The first kappa shape index (κ1) is 24.9. The summed E-state index contributed by atoms with van der Waals surface area (Å²) in [6.45, 7) is 0. The van der Waals surface area contributed by atoms with Crippen molar-refractivity contribution < 1.29 is 63.7 Å². The Morgan fingerprint density at radius 3 is 1.84 bits per heavy atom. The molecule has 19 heteroatoms. The molecule has 0 aromatic heterocycles. The molecule has 0 aliphatic heterocycles. The van der Waals surface area contributed by atoms with Gasteiger partial charge in [0.2, 0.25) is 0 Å². The summed E-state index contributed by atoms with van der Waals surface area (Å²) in [6, 6.07) is 0.202. The van der Waals surface area contributed by atoms with Gasteiger partial charge in [-0.05, 0) is 6.07 Å². The van der Waals surface area contributed by atoms with Gasteiger partial charge in [0, 0.05) is 6.07 Å².